The Morgan fingerprint density at radius 3 is 1.72 bits per heavy atom. The van der Waals surface area contributed by atoms with Gasteiger partial charge in [0, 0.05) is 0 Å². The fourth-order valence-electron chi connectivity index (χ4n) is 4.24. The first-order valence-electron chi connectivity index (χ1n) is 10.6. The molecule has 4 heteroatoms. The van der Waals surface area contributed by atoms with E-state index in [-0.39, 0.29) is 6.61 Å². The summed E-state index contributed by atoms with van der Waals surface area (Å²) in [6, 6.07) is 24.6. The minimum absolute atomic E-state index is 0.0499. The lowest BCUT2D eigenvalue weighted by atomic mass is 9.98. The lowest BCUT2D eigenvalue weighted by Crippen LogP contribution is -1.92. The molecule has 32 heavy (non-hydrogen) atoms. The molecule has 0 fully saturated rings. The van der Waals surface area contributed by atoms with E-state index in [1.807, 2.05) is 36.4 Å². The third-order valence-electron chi connectivity index (χ3n) is 5.96. The number of aliphatic hydroxyl groups is 1. The second kappa shape index (κ2) is 8.06. The Morgan fingerprint density at radius 2 is 1.22 bits per heavy atom. The Bertz CT molecular complexity index is 1360. The molecule has 0 bridgehead atoms. The van der Waals surface area contributed by atoms with Gasteiger partial charge < -0.3 is 9.84 Å². The molecule has 0 saturated carbocycles. The van der Waals surface area contributed by atoms with Crippen LogP contribution in [0.1, 0.15) is 16.7 Å². The molecule has 5 aromatic rings. The van der Waals surface area contributed by atoms with Crippen LogP contribution >= 0.6 is 0 Å². The van der Waals surface area contributed by atoms with Crippen LogP contribution < -0.4 is 4.74 Å². The van der Waals surface area contributed by atoms with Crippen molar-refractivity contribution in [1.29, 1.82) is 0 Å². The Balaban J connectivity index is 1.58. The molecule has 0 amide bonds. The molecule has 0 saturated heterocycles. The molecule has 0 unspecified atom stereocenters. The van der Waals surface area contributed by atoms with Crippen molar-refractivity contribution in [1.82, 2.24) is 9.97 Å². The van der Waals surface area contributed by atoms with Crippen molar-refractivity contribution in [3.05, 3.63) is 89.5 Å². The molecule has 158 valence electrons. The van der Waals surface area contributed by atoms with Crippen molar-refractivity contribution < 1.29 is 9.84 Å². The fraction of sp³-hybridized carbons (Fsp3) is 0.143. The molecule has 0 spiro atoms. The highest BCUT2D eigenvalue weighted by Gasteiger charge is 2.09. The largest absolute Gasteiger partial charge is 0.497 e. The standard InChI is InChI=1S/C28H24N2O2/c1-17-12-19(16-31)4-8-23(17)20-5-10-25-27(14-20)29-26-11-6-21(15-28(26)30-25)24-9-7-22(32-3)13-18(24)2/h4-15,31H,16H2,1-3H3. The van der Waals surface area contributed by atoms with Gasteiger partial charge in [-0.2, -0.15) is 0 Å². The number of ether oxygens (including phenoxy) is 1. The maximum absolute atomic E-state index is 9.37. The van der Waals surface area contributed by atoms with Crippen LogP contribution in [0.2, 0.25) is 0 Å². The lowest BCUT2D eigenvalue weighted by molar-refractivity contribution is 0.282. The minimum atomic E-state index is 0.0499. The summed E-state index contributed by atoms with van der Waals surface area (Å²) in [6.45, 7) is 4.20. The van der Waals surface area contributed by atoms with Crippen LogP contribution in [0.3, 0.4) is 0 Å². The van der Waals surface area contributed by atoms with E-state index in [0.717, 1.165) is 66.8 Å². The monoisotopic (exact) mass is 420 g/mol. The smallest absolute Gasteiger partial charge is 0.119 e. The predicted molar refractivity (Wildman–Crippen MR) is 130 cm³/mol. The summed E-state index contributed by atoms with van der Waals surface area (Å²) < 4.78 is 5.33. The van der Waals surface area contributed by atoms with Crippen LogP contribution in [0.25, 0.3) is 44.3 Å². The molecule has 4 aromatic carbocycles. The van der Waals surface area contributed by atoms with Gasteiger partial charge in [0.15, 0.2) is 0 Å². The zero-order valence-corrected chi connectivity index (χ0v) is 18.4. The summed E-state index contributed by atoms with van der Waals surface area (Å²) in [7, 11) is 1.68. The number of aliphatic hydroxyl groups excluding tert-OH is 1. The zero-order chi connectivity index (χ0) is 22.2. The SMILES string of the molecule is COc1ccc(-c2ccc3nc4cc(-c5ccc(CO)cc5C)ccc4nc3c2)c(C)c1. The zero-order valence-electron chi connectivity index (χ0n) is 18.4. The molecule has 1 N–H and O–H groups in total. The van der Waals surface area contributed by atoms with Crippen LogP contribution in [0.15, 0.2) is 72.8 Å². The highest BCUT2D eigenvalue weighted by atomic mass is 16.5. The van der Waals surface area contributed by atoms with E-state index in [1.165, 1.54) is 0 Å². The number of nitrogens with zero attached hydrogens (tertiary/aromatic N) is 2. The second-order valence-electron chi connectivity index (χ2n) is 8.12. The van der Waals surface area contributed by atoms with Crippen LogP contribution in [-0.2, 0) is 6.61 Å². The van der Waals surface area contributed by atoms with Gasteiger partial charge in [-0.15, -0.1) is 0 Å². The van der Waals surface area contributed by atoms with Crippen LogP contribution in [0.5, 0.6) is 5.75 Å². The molecule has 0 aliphatic carbocycles. The Morgan fingerprint density at radius 1 is 0.656 bits per heavy atom. The number of aryl methyl sites for hydroxylation is 2. The number of benzene rings is 4. The summed E-state index contributed by atoms with van der Waals surface area (Å²) in [5.41, 5.74) is 11.2. The lowest BCUT2D eigenvalue weighted by Gasteiger charge is -2.11. The molecule has 5 rings (SSSR count). The summed E-state index contributed by atoms with van der Waals surface area (Å²) in [5, 5.41) is 9.37. The van der Waals surface area contributed by atoms with Crippen molar-refractivity contribution in [2.75, 3.05) is 7.11 Å². The minimum Gasteiger partial charge on any atom is -0.497 e. The van der Waals surface area contributed by atoms with Gasteiger partial charge >= 0.3 is 0 Å². The Labute approximate surface area is 187 Å². The fourth-order valence-corrected chi connectivity index (χ4v) is 4.24. The van der Waals surface area contributed by atoms with E-state index in [9.17, 15) is 5.11 Å². The van der Waals surface area contributed by atoms with Gasteiger partial charge in [-0.3, -0.25) is 0 Å². The van der Waals surface area contributed by atoms with Crippen molar-refractivity contribution in [2.24, 2.45) is 0 Å². The van der Waals surface area contributed by atoms with E-state index >= 15 is 0 Å². The van der Waals surface area contributed by atoms with Gasteiger partial charge in [0.2, 0.25) is 0 Å². The van der Waals surface area contributed by atoms with E-state index in [4.69, 9.17) is 14.7 Å². The first kappa shape index (κ1) is 20.2. The van der Waals surface area contributed by atoms with Gasteiger partial charge in [-0.1, -0.05) is 36.4 Å². The van der Waals surface area contributed by atoms with Gasteiger partial charge in [0.1, 0.15) is 5.75 Å². The summed E-state index contributed by atoms with van der Waals surface area (Å²) in [5.74, 6) is 0.856. The molecule has 1 heterocycles. The molecule has 0 aliphatic rings. The summed E-state index contributed by atoms with van der Waals surface area (Å²) >= 11 is 0. The quantitative estimate of drug-likeness (QED) is 0.350. The topological polar surface area (TPSA) is 55.2 Å². The van der Waals surface area contributed by atoms with Crippen molar-refractivity contribution in [3.63, 3.8) is 0 Å². The maximum atomic E-state index is 9.37. The van der Waals surface area contributed by atoms with Gasteiger partial charge in [0.05, 0.1) is 35.8 Å². The van der Waals surface area contributed by atoms with Crippen molar-refractivity contribution in [3.8, 4) is 28.0 Å². The molecule has 0 radical (unpaired) electrons. The summed E-state index contributed by atoms with van der Waals surface area (Å²) in [4.78, 5) is 9.78. The van der Waals surface area contributed by atoms with Gasteiger partial charge in [-0.05, 0) is 89.2 Å². The van der Waals surface area contributed by atoms with E-state index in [0.29, 0.717) is 0 Å². The molecular weight excluding hydrogens is 396 g/mol. The highest BCUT2D eigenvalue weighted by Crippen LogP contribution is 2.31. The number of methoxy groups -OCH3 is 1. The number of hydrogen-bond donors (Lipinski definition) is 1. The molecular formula is C28H24N2O2. The maximum Gasteiger partial charge on any atom is 0.119 e. The first-order valence-corrected chi connectivity index (χ1v) is 10.6. The van der Waals surface area contributed by atoms with E-state index in [2.05, 4.69) is 50.2 Å². The van der Waals surface area contributed by atoms with Gasteiger partial charge in [0.25, 0.3) is 0 Å². The summed E-state index contributed by atoms with van der Waals surface area (Å²) in [6.07, 6.45) is 0. The van der Waals surface area contributed by atoms with Crippen LogP contribution in [-0.4, -0.2) is 22.2 Å². The van der Waals surface area contributed by atoms with E-state index in [1.54, 1.807) is 7.11 Å². The first-order chi connectivity index (χ1) is 15.6. The van der Waals surface area contributed by atoms with Crippen molar-refractivity contribution >= 4 is 22.1 Å². The number of aromatic nitrogens is 2. The number of fused-ring (bicyclic) bond motifs is 2. The third kappa shape index (κ3) is 3.59. The second-order valence-corrected chi connectivity index (χ2v) is 8.12. The molecule has 0 aliphatic heterocycles. The molecule has 1 aromatic heterocycles. The average Bonchev–Trinajstić information content (AvgIpc) is 2.82. The highest BCUT2D eigenvalue weighted by molar-refractivity contribution is 5.91. The van der Waals surface area contributed by atoms with Gasteiger partial charge in [-0.25, -0.2) is 9.97 Å². The molecule has 4 nitrogen and oxygen atoms in total. The predicted octanol–water partition coefficient (Wildman–Crippen LogP) is 6.23. The molecule has 0 atom stereocenters. The van der Waals surface area contributed by atoms with Crippen molar-refractivity contribution in [2.45, 2.75) is 20.5 Å². The Kier molecular flexibility index (Phi) is 5.08. The Hall–Kier alpha value is -3.76. The third-order valence-corrected chi connectivity index (χ3v) is 5.96. The van der Waals surface area contributed by atoms with Crippen LogP contribution in [0, 0.1) is 13.8 Å². The normalized spacial score (nSPS) is 11.2. The number of hydrogen-bond acceptors (Lipinski definition) is 4. The van der Waals surface area contributed by atoms with E-state index < -0.39 is 0 Å². The van der Waals surface area contributed by atoms with Crippen LogP contribution in [0.4, 0.5) is 0 Å². The number of rotatable bonds is 4. The average molecular weight is 421 g/mol.